The highest BCUT2D eigenvalue weighted by Gasteiger charge is 2.41. The average molecular weight is 315 g/mol. The Bertz CT molecular complexity index is 583. The number of carbonyl (C=O) groups excluding carboxylic acids is 2. The van der Waals surface area contributed by atoms with Gasteiger partial charge in [-0.05, 0) is 24.1 Å². The van der Waals surface area contributed by atoms with Crippen molar-refractivity contribution in [3.8, 4) is 0 Å². The van der Waals surface area contributed by atoms with E-state index in [9.17, 15) is 14.0 Å². The second-order valence-corrected chi connectivity index (χ2v) is 6.33. The Morgan fingerprint density at radius 2 is 2.30 bits per heavy atom. The van der Waals surface area contributed by atoms with Crippen molar-refractivity contribution in [3.05, 3.63) is 34.6 Å². The van der Waals surface area contributed by atoms with Gasteiger partial charge < -0.3 is 10.6 Å². The van der Waals surface area contributed by atoms with Crippen LogP contribution in [0.4, 0.5) is 9.18 Å². The van der Waals surface area contributed by atoms with Crippen molar-refractivity contribution in [3.63, 3.8) is 0 Å². The average Bonchev–Trinajstić information content (AvgIpc) is 3.03. The molecule has 1 saturated heterocycles. The molecule has 20 heavy (non-hydrogen) atoms. The highest BCUT2D eigenvalue weighted by Crippen LogP contribution is 2.41. The zero-order valence-corrected chi connectivity index (χ0v) is 11.9. The van der Waals surface area contributed by atoms with Gasteiger partial charge >= 0.3 is 0 Å². The van der Waals surface area contributed by atoms with Crippen LogP contribution in [0.2, 0.25) is 5.02 Å². The van der Waals surface area contributed by atoms with Crippen LogP contribution in [0, 0.1) is 5.82 Å². The summed E-state index contributed by atoms with van der Waals surface area (Å²) in [4.78, 5) is 22.9. The number of benzene rings is 1. The van der Waals surface area contributed by atoms with E-state index in [1.54, 1.807) is 6.07 Å². The maximum absolute atomic E-state index is 13.4. The Labute approximate surface area is 124 Å². The van der Waals surface area contributed by atoms with Gasteiger partial charge in [-0.25, -0.2) is 4.39 Å². The molecule has 3 atom stereocenters. The third-order valence-electron chi connectivity index (χ3n) is 3.48. The number of hydrogen-bond acceptors (Lipinski definition) is 3. The molecule has 2 fully saturated rings. The van der Waals surface area contributed by atoms with Crippen LogP contribution >= 0.6 is 23.4 Å². The fraction of sp³-hybridized carbons (Fsp3) is 0.385. The summed E-state index contributed by atoms with van der Waals surface area (Å²) in [5.74, 6) is -0.0428. The standard InChI is InChI=1S/C13H12ClFN2O2S/c14-8-2-1-6(3-9(8)15)7-4-10(7)16-12(18)11-5-20-13(19)17-11/h1-3,7,10-11H,4-5H2,(H,16,18)(H,17,19)/t7-,10+,11?/m0/s1. The van der Waals surface area contributed by atoms with E-state index in [4.69, 9.17) is 11.6 Å². The normalized spacial score (nSPS) is 28.1. The van der Waals surface area contributed by atoms with Crippen LogP contribution in [0.1, 0.15) is 17.9 Å². The number of nitrogens with one attached hydrogen (secondary N) is 2. The first-order chi connectivity index (χ1) is 9.54. The highest BCUT2D eigenvalue weighted by molar-refractivity contribution is 8.14. The lowest BCUT2D eigenvalue weighted by atomic mass is 10.1. The molecule has 7 heteroatoms. The van der Waals surface area contributed by atoms with E-state index in [1.807, 2.05) is 0 Å². The van der Waals surface area contributed by atoms with Gasteiger partial charge in [0.15, 0.2) is 0 Å². The summed E-state index contributed by atoms with van der Waals surface area (Å²) >= 11 is 6.75. The van der Waals surface area contributed by atoms with Gasteiger partial charge in [0.05, 0.1) is 5.02 Å². The SMILES string of the molecule is O=C1NC(C(=O)N[C@@H]2C[C@H]2c2ccc(Cl)c(F)c2)CS1. The zero-order valence-electron chi connectivity index (χ0n) is 10.4. The summed E-state index contributed by atoms with van der Waals surface area (Å²) in [5.41, 5.74) is 0.835. The van der Waals surface area contributed by atoms with Gasteiger partial charge in [-0.3, -0.25) is 9.59 Å². The van der Waals surface area contributed by atoms with Gasteiger partial charge in [0.2, 0.25) is 5.91 Å². The number of amides is 2. The van der Waals surface area contributed by atoms with Crippen molar-refractivity contribution in [2.75, 3.05) is 5.75 Å². The smallest absolute Gasteiger partial charge is 0.279 e. The Balaban J connectivity index is 1.57. The molecule has 1 unspecified atom stereocenters. The molecule has 1 aliphatic carbocycles. The molecule has 106 valence electrons. The third-order valence-corrected chi connectivity index (χ3v) is 4.67. The molecule has 1 aromatic carbocycles. The number of carbonyl (C=O) groups is 2. The van der Waals surface area contributed by atoms with E-state index in [0.29, 0.717) is 5.75 Å². The van der Waals surface area contributed by atoms with E-state index in [-0.39, 0.29) is 28.1 Å². The van der Waals surface area contributed by atoms with Crippen molar-refractivity contribution >= 4 is 34.5 Å². The van der Waals surface area contributed by atoms with Crippen LogP contribution in [0.5, 0.6) is 0 Å². The molecule has 2 amide bonds. The van der Waals surface area contributed by atoms with Crippen molar-refractivity contribution in [2.24, 2.45) is 0 Å². The lowest BCUT2D eigenvalue weighted by Gasteiger charge is -2.10. The molecule has 2 N–H and O–H groups in total. The van der Waals surface area contributed by atoms with E-state index in [1.165, 1.54) is 12.1 Å². The predicted octanol–water partition coefficient (Wildman–Crippen LogP) is 2.28. The lowest BCUT2D eigenvalue weighted by Crippen LogP contribution is -2.43. The first kappa shape index (κ1) is 13.7. The Kier molecular flexibility index (Phi) is 3.60. The van der Waals surface area contributed by atoms with Crippen molar-refractivity contribution < 1.29 is 14.0 Å². The molecule has 3 rings (SSSR count). The predicted molar refractivity (Wildman–Crippen MR) is 75.5 cm³/mol. The van der Waals surface area contributed by atoms with Gasteiger partial charge in [0.25, 0.3) is 5.24 Å². The molecule has 1 heterocycles. The Morgan fingerprint density at radius 1 is 1.50 bits per heavy atom. The quantitative estimate of drug-likeness (QED) is 0.900. The van der Waals surface area contributed by atoms with Gasteiger partial charge in [-0.1, -0.05) is 29.4 Å². The molecule has 1 saturated carbocycles. The minimum absolute atomic E-state index is 0.00516. The summed E-state index contributed by atoms with van der Waals surface area (Å²) < 4.78 is 13.4. The van der Waals surface area contributed by atoms with Crippen molar-refractivity contribution in [1.29, 1.82) is 0 Å². The Morgan fingerprint density at radius 3 is 2.95 bits per heavy atom. The fourth-order valence-corrected chi connectivity index (χ4v) is 3.17. The van der Waals surface area contributed by atoms with Gasteiger partial charge in [0, 0.05) is 17.7 Å². The van der Waals surface area contributed by atoms with E-state index >= 15 is 0 Å². The summed E-state index contributed by atoms with van der Waals surface area (Å²) in [5, 5.41) is 5.40. The molecule has 4 nitrogen and oxygen atoms in total. The molecule has 2 aliphatic rings. The second kappa shape index (κ2) is 5.26. The van der Waals surface area contributed by atoms with Crippen LogP contribution in [0.15, 0.2) is 18.2 Å². The number of thioether (sulfide) groups is 1. The maximum Gasteiger partial charge on any atom is 0.279 e. The lowest BCUT2D eigenvalue weighted by molar-refractivity contribution is -0.122. The van der Waals surface area contributed by atoms with Crippen LogP contribution in [-0.4, -0.2) is 29.0 Å². The third kappa shape index (κ3) is 2.76. The summed E-state index contributed by atoms with van der Waals surface area (Å²) in [6, 6.07) is 4.25. The number of hydrogen-bond donors (Lipinski definition) is 2. The van der Waals surface area contributed by atoms with Crippen LogP contribution in [-0.2, 0) is 4.79 Å². The molecule has 0 bridgehead atoms. The first-order valence-corrected chi connectivity index (χ1v) is 7.59. The summed E-state index contributed by atoms with van der Waals surface area (Å²) in [7, 11) is 0. The summed E-state index contributed by atoms with van der Waals surface area (Å²) in [6.45, 7) is 0. The van der Waals surface area contributed by atoms with E-state index in [2.05, 4.69) is 10.6 Å². The van der Waals surface area contributed by atoms with Crippen LogP contribution in [0.3, 0.4) is 0 Å². The van der Waals surface area contributed by atoms with Crippen molar-refractivity contribution in [2.45, 2.75) is 24.4 Å². The fourth-order valence-electron chi connectivity index (χ4n) is 2.28. The topological polar surface area (TPSA) is 58.2 Å². The summed E-state index contributed by atoms with van der Waals surface area (Å²) in [6.07, 6.45) is 0.778. The van der Waals surface area contributed by atoms with E-state index in [0.717, 1.165) is 23.7 Å². The second-order valence-electron chi connectivity index (χ2n) is 4.93. The van der Waals surface area contributed by atoms with Crippen LogP contribution in [0.25, 0.3) is 0 Å². The monoisotopic (exact) mass is 314 g/mol. The Hall–Kier alpha value is -1.27. The van der Waals surface area contributed by atoms with Gasteiger partial charge in [0.1, 0.15) is 11.9 Å². The molecule has 0 spiro atoms. The molecule has 1 aliphatic heterocycles. The van der Waals surface area contributed by atoms with E-state index < -0.39 is 11.9 Å². The molecule has 0 aromatic heterocycles. The van der Waals surface area contributed by atoms with Crippen molar-refractivity contribution in [1.82, 2.24) is 10.6 Å². The largest absolute Gasteiger partial charge is 0.351 e. The number of rotatable bonds is 3. The minimum atomic E-state index is -0.462. The maximum atomic E-state index is 13.4. The molecular weight excluding hydrogens is 303 g/mol. The minimum Gasteiger partial charge on any atom is -0.351 e. The molecule has 1 aromatic rings. The molecule has 0 radical (unpaired) electrons. The first-order valence-electron chi connectivity index (χ1n) is 6.23. The number of halogens is 2. The van der Waals surface area contributed by atoms with Crippen LogP contribution < -0.4 is 10.6 Å². The highest BCUT2D eigenvalue weighted by atomic mass is 35.5. The van der Waals surface area contributed by atoms with Gasteiger partial charge in [-0.15, -0.1) is 0 Å². The van der Waals surface area contributed by atoms with Gasteiger partial charge in [-0.2, -0.15) is 0 Å². The molecular formula is C13H12ClFN2O2S. The zero-order chi connectivity index (χ0) is 14.3.